The first-order valence-electron chi connectivity index (χ1n) is 4.53. The van der Waals surface area contributed by atoms with Gasteiger partial charge >= 0.3 is 0 Å². The minimum atomic E-state index is -0.259. The zero-order valence-electron chi connectivity index (χ0n) is 8.42. The van der Waals surface area contributed by atoms with Crippen LogP contribution in [0.15, 0.2) is 0 Å². The summed E-state index contributed by atoms with van der Waals surface area (Å²) < 4.78 is 0. The Morgan fingerprint density at radius 3 is 1.92 bits per heavy atom. The molecule has 0 aromatic carbocycles. The third-order valence-electron chi connectivity index (χ3n) is 1.80. The summed E-state index contributed by atoms with van der Waals surface area (Å²) in [7, 11) is 0. The molecule has 0 fully saturated rings. The Balaban J connectivity index is 3.88. The molecule has 0 bridgehead atoms. The minimum Gasteiger partial charge on any atom is -0.299 e. The summed E-state index contributed by atoms with van der Waals surface area (Å²) in [6.45, 7) is 5.20. The van der Waals surface area contributed by atoms with E-state index in [0.717, 1.165) is 0 Å². The van der Waals surface area contributed by atoms with Gasteiger partial charge in [-0.2, -0.15) is 0 Å². The zero-order valence-corrected chi connectivity index (χ0v) is 8.42. The number of carbonyl (C=O) groups excluding carboxylic acids is 3. The van der Waals surface area contributed by atoms with Gasteiger partial charge in [0.1, 0.15) is 17.3 Å². The van der Waals surface area contributed by atoms with Crippen LogP contribution in [0.25, 0.3) is 0 Å². The van der Waals surface area contributed by atoms with Gasteiger partial charge in [-0.3, -0.25) is 14.4 Å². The van der Waals surface area contributed by atoms with Crippen molar-refractivity contribution in [3.8, 4) is 0 Å². The Bertz CT molecular complexity index is 216. The summed E-state index contributed by atoms with van der Waals surface area (Å²) in [5, 5.41) is 0. The summed E-state index contributed by atoms with van der Waals surface area (Å²) in [6.07, 6.45) is 0.181. The number of rotatable bonds is 6. The second-order valence-corrected chi connectivity index (χ2v) is 3.41. The van der Waals surface area contributed by atoms with E-state index in [2.05, 4.69) is 0 Å². The zero-order chi connectivity index (χ0) is 10.4. The van der Waals surface area contributed by atoms with Gasteiger partial charge in [-0.25, -0.2) is 0 Å². The third kappa shape index (κ3) is 5.28. The molecule has 0 aromatic rings. The van der Waals surface area contributed by atoms with Crippen LogP contribution in [0.1, 0.15) is 40.0 Å². The van der Waals surface area contributed by atoms with Crippen molar-refractivity contribution < 1.29 is 14.4 Å². The van der Waals surface area contributed by atoms with E-state index in [1.54, 1.807) is 20.8 Å². The lowest BCUT2D eigenvalue weighted by Gasteiger charge is -2.01. The van der Waals surface area contributed by atoms with E-state index in [4.69, 9.17) is 0 Å². The molecule has 0 radical (unpaired) electrons. The summed E-state index contributed by atoms with van der Waals surface area (Å²) in [5.74, 6) is -0.568. The van der Waals surface area contributed by atoms with Crippen molar-refractivity contribution in [1.29, 1.82) is 0 Å². The molecular weight excluding hydrogens is 168 g/mol. The Labute approximate surface area is 78.5 Å². The molecule has 0 aromatic heterocycles. The Kier molecular flexibility index (Phi) is 5.19. The summed E-state index contributed by atoms with van der Waals surface area (Å²) in [4.78, 5) is 33.0. The van der Waals surface area contributed by atoms with Crippen LogP contribution in [0.3, 0.4) is 0 Å². The smallest absolute Gasteiger partial charge is 0.147 e. The Morgan fingerprint density at radius 2 is 1.54 bits per heavy atom. The van der Waals surface area contributed by atoms with Crippen LogP contribution >= 0.6 is 0 Å². The van der Waals surface area contributed by atoms with Crippen molar-refractivity contribution in [2.45, 2.75) is 40.0 Å². The number of ketones is 3. The Morgan fingerprint density at radius 1 is 1.00 bits per heavy atom. The van der Waals surface area contributed by atoms with Crippen LogP contribution < -0.4 is 0 Å². The maximum atomic E-state index is 11.1. The third-order valence-corrected chi connectivity index (χ3v) is 1.80. The molecule has 74 valence electrons. The molecule has 0 heterocycles. The number of hydrogen-bond acceptors (Lipinski definition) is 3. The van der Waals surface area contributed by atoms with Crippen molar-refractivity contribution >= 4 is 17.3 Å². The minimum absolute atomic E-state index is 0.0883. The highest BCUT2D eigenvalue weighted by Crippen LogP contribution is 2.02. The monoisotopic (exact) mass is 184 g/mol. The first kappa shape index (κ1) is 12.0. The molecule has 0 aliphatic rings. The highest BCUT2D eigenvalue weighted by atomic mass is 16.2. The van der Waals surface area contributed by atoms with Gasteiger partial charge in [0.15, 0.2) is 0 Å². The largest absolute Gasteiger partial charge is 0.299 e. The summed E-state index contributed by atoms with van der Waals surface area (Å²) in [5.41, 5.74) is 0. The van der Waals surface area contributed by atoms with Crippen molar-refractivity contribution in [3.63, 3.8) is 0 Å². The van der Waals surface area contributed by atoms with E-state index in [-0.39, 0.29) is 36.1 Å². The number of Topliss-reactive ketones (excluding diaryl/α,β-unsaturated/α-hetero) is 3. The molecule has 0 saturated carbocycles. The van der Waals surface area contributed by atoms with Crippen molar-refractivity contribution in [1.82, 2.24) is 0 Å². The van der Waals surface area contributed by atoms with Crippen LogP contribution in [0.5, 0.6) is 0 Å². The van der Waals surface area contributed by atoms with E-state index < -0.39 is 0 Å². The molecule has 0 N–H and O–H groups in total. The first-order chi connectivity index (χ1) is 5.97. The van der Waals surface area contributed by atoms with E-state index >= 15 is 0 Å². The van der Waals surface area contributed by atoms with Gasteiger partial charge in [-0.15, -0.1) is 0 Å². The van der Waals surface area contributed by atoms with E-state index in [9.17, 15) is 14.4 Å². The second kappa shape index (κ2) is 5.62. The van der Waals surface area contributed by atoms with Gasteiger partial charge in [0.05, 0.1) is 12.8 Å². The van der Waals surface area contributed by atoms with Crippen molar-refractivity contribution in [2.75, 3.05) is 0 Å². The molecular formula is C10H16O3. The molecule has 0 rings (SSSR count). The maximum Gasteiger partial charge on any atom is 0.147 e. The molecule has 3 nitrogen and oxygen atoms in total. The Hall–Kier alpha value is -0.990. The first-order valence-corrected chi connectivity index (χ1v) is 4.53. The molecule has 0 saturated heterocycles. The molecule has 0 spiro atoms. The normalized spacial score (nSPS) is 10.2. The highest BCUT2D eigenvalue weighted by Gasteiger charge is 2.14. The quantitative estimate of drug-likeness (QED) is 0.588. The predicted molar refractivity (Wildman–Crippen MR) is 49.4 cm³/mol. The van der Waals surface area contributed by atoms with E-state index in [1.165, 1.54) is 0 Å². The lowest BCUT2D eigenvalue weighted by Crippen LogP contribution is -2.15. The van der Waals surface area contributed by atoms with Gasteiger partial charge in [0, 0.05) is 12.3 Å². The molecule has 3 heteroatoms. The van der Waals surface area contributed by atoms with Crippen molar-refractivity contribution in [2.24, 2.45) is 5.92 Å². The molecule has 0 aliphatic carbocycles. The average molecular weight is 184 g/mol. The summed E-state index contributed by atoms with van der Waals surface area (Å²) >= 11 is 0. The lowest BCUT2D eigenvalue weighted by atomic mass is 10.0. The standard InChI is InChI=1S/C10H16O3/c1-4-8(11)5-9(12)6-10(13)7(2)3/h7H,4-6H2,1-3H3. The summed E-state index contributed by atoms with van der Waals surface area (Å²) in [6, 6.07) is 0. The number of hydrogen-bond donors (Lipinski definition) is 0. The lowest BCUT2D eigenvalue weighted by molar-refractivity contribution is -0.130. The van der Waals surface area contributed by atoms with E-state index in [1.807, 2.05) is 0 Å². The van der Waals surface area contributed by atoms with E-state index in [0.29, 0.717) is 6.42 Å². The van der Waals surface area contributed by atoms with Gasteiger partial charge in [0.25, 0.3) is 0 Å². The maximum absolute atomic E-state index is 11.1. The van der Waals surface area contributed by atoms with Gasteiger partial charge in [0.2, 0.25) is 0 Å². The van der Waals surface area contributed by atoms with Crippen LogP contribution in [0, 0.1) is 5.92 Å². The van der Waals surface area contributed by atoms with Gasteiger partial charge in [-0.05, 0) is 0 Å². The highest BCUT2D eigenvalue weighted by molar-refractivity contribution is 6.07. The molecule has 0 aliphatic heterocycles. The topological polar surface area (TPSA) is 51.2 Å². The van der Waals surface area contributed by atoms with Crippen molar-refractivity contribution in [3.05, 3.63) is 0 Å². The van der Waals surface area contributed by atoms with Crippen LogP contribution in [0.2, 0.25) is 0 Å². The average Bonchev–Trinajstić information content (AvgIpc) is 2.03. The predicted octanol–water partition coefficient (Wildman–Crippen LogP) is 1.54. The molecule has 0 atom stereocenters. The van der Waals surface area contributed by atoms with Crippen LogP contribution in [-0.4, -0.2) is 17.3 Å². The fourth-order valence-electron chi connectivity index (χ4n) is 0.806. The SMILES string of the molecule is CCC(=O)CC(=O)CC(=O)C(C)C. The fraction of sp³-hybridized carbons (Fsp3) is 0.700. The second-order valence-electron chi connectivity index (χ2n) is 3.41. The van der Waals surface area contributed by atoms with Crippen LogP contribution in [-0.2, 0) is 14.4 Å². The van der Waals surface area contributed by atoms with Crippen LogP contribution in [0.4, 0.5) is 0 Å². The molecule has 0 unspecified atom stereocenters. The number of carbonyl (C=O) groups is 3. The molecule has 0 amide bonds. The molecule has 13 heavy (non-hydrogen) atoms. The van der Waals surface area contributed by atoms with Gasteiger partial charge in [-0.1, -0.05) is 20.8 Å². The van der Waals surface area contributed by atoms with Gasteiger partial charge < -0.3 is 0 Å². The fourth-order valence-corrected chi connectivity index (χ4v) is 0.806.